The summed E-state index contributed by atoms with van der Waals surface area (Å²) < 4.78 is 11.4. The highest BCUT2D eigenvalue weighted by Gasteiger charge is 2.40. The van der Waals surface area contributed by atoms with Gasteiger partial charge in [-0.1, -0.05) is 32.3 Å². The van der Waals surface area contributed by atoms with Gasteiger partial charge in [-0.3, -0.25) is 19.3 Å². The molecule has 0 radical (unpaired) electrons. The highest BCUT2D eigenvalue weighted by atomic mass is 16.5. The highest BCUT2D eigenvalue weighted by molar-refractivity contribution is 5.92. The SMILES string of the molecule is CCCCCCN1C[C@H]2C[C@H]1C(=O)N1CCC(CC1)CN(C(C)=O)CCOCCOc1cccc(n1)C(=O)N2. The number of piperidine rings is 1. The monoisotopic (exact) mass is 543 g/mol. The maximum Gasteiger partial charge on any atom is 0.270 e. The number of unbranched alkanes of at least 4 members (excludes halogenated alkanes) is 3. The Balaban J connectivity index is 1.49. The van der Waals surface area contributed by atoms with E-state index < -0.39 is 0 Å². The number of hydrogen-bond acceptors (Lipinski definition) is 7. The summed E-state index contributed by atoms with van der Waals surface area (Å²) in [5, 5.41) is 3.13. The molecule has 10 nitrogen and oxygen atoms in total. The predicted molar refractivity (Wildman–Crippen MR) is 147 cm³/mol. The van der Waals surface area contributed by atoms with Gasteiger partial charge in [0.2, 0.25) is 17.7 Å². The summed E-state index contributed by atoms with van der Waals surface area (Å²) in [4.78, 5) is 49.6. The Morgan fingerprint density at radius 3 is 2.64 bits per heavy atom. The van der Waals surface area contributed by atoms with Gasteiger partial charge in [-0.15, -0.1) is 0 Å². The van der Waals surface area contributed by atoms with Crippen molar-refractivity contribution in [2.45, 2.75) is 70.9 Å². The zero-order valence-electron chi connectivity index (χ0n) is 23.6. The molecule has 2 atom stereocenters. The van der Waals surface area contributed by atoms with Crippen molar-refractivity contribution in [2.75, 3.05) is 59.1 Å². The van der Waals surface area contributed by atoms with Crippen molar-refractivity contribution >= 4 is 17.7 Å². The first-order valence-electron chi connectivity index (χ1n) is 14.7. The molecule has 10 heteroatoms. The van der Waals surface area contributed by atoms with Crippen LogP contribution in [0, 0.1) is 5.92 Å². The van der Waals surface area contributed by atoms with E-state index in [4.69, 9.17) is 9.47 Å². The zero-order valence-corrected chi connectivity index (χ0v) is 23.6. The summed E-state index contributed by atoms with van der Waals surface area (Å²) in [7, 11) is 0. The van der Waals surface area contributed by atoms with Gasteiger partial charge in [-0.25, -0.2) is 4.98 Å². The lowest BCUT2D eigenvalue weighted by Gasteiger charge is -2.37. The minimum atomic E-state index is -0.253. The van der Waals surface area contributed by atoms with E-state index >= 15 is 0 Å². The first-order chi connectivity index (χ1) is 18.9. The lowest BCUT2D eigenvalue weighted by Crippen LogP contribution is -2.49. The number of nitrogens with zero attached hydrogens (tertiary/aromatic N) is 4. The third kappa shape index (κ3) is 8.38. The Bertz CT molecular complexity index is 967. The van der Waals surface area contributed by atoms with Gasteiger partial charge in [0.15, 0.2) is 0 Å². The number of nitrogens with one attached hydrogen (secondary N) is 1. The van der Waals surface area contributed by atoms with Crippen LogP contribution in [0.15, 0.2) is 18.2 Å². The van der Waals surface area contributed by atoms with Gasteiger partial charge in [0.25, 0.3) is 5.91 Å². The van der Waals surface area contributed by atoms with Crippen LogP contribution in [0.3, 0.4) is 0 Å². The molecule has 1 aromatic rings. The van der Waals surface area contributed by atoms with Crippen molar-refractivity contribution < 1.29 is 23.9 Å². The Labute approximate surface area is 232 Å². The van der Waals surface area contributed by atoms with Crippen LogP contribution in [0.5, 0.6) is 5.88 Å². The minimum absolute atomic E-state index is 0.0423. The molecule has 0 unspecified atom stereocenters. The number of pyridine rings is 1. The maximum absolute atomic E-state index is 13.7. The molecule has 2 fully saturated rings. The first kappa shape index (κ1) is 29.3. The molecular formula is C29H45N5O5. The number of carbonyl (C=O) groups excluding carboxylic acids is 3. The number of hydrogen-bond donors (Lipinski definition) is 1. The van der Waals surface area contributed by atoms with Crippen molar-refractivity contribution in [3.05, 3.63) is 23.9 Å². The van der Waals surface area contributed by atoms with Crippen LogP contribution in [0.1, 0.15) is 69.3 Å². The fourth-order valence-electron chi connectivity index (χ4n) is 5.85. The van der Waals surface area contributed by atoms with Gasteiger partial charge in [0, 0.05) is 51.8 Å². The van der Waals surface area contributed by atoms with E-state index in [0.29, 0.717) is 76.5 Å². The normalized spacial score (nSPS) is 25.6. The summed E-state index contributed by atoms with van der Waals surface area (Å²) in [6.45, 7) is 9.03. The molecule has 4 aliphatic heterocycles. The Morgan fingerprint density at radius 2 is 1.87 bits per heavy atom. The molecule has 0 aromatic carbocycles. The molecule has 1 N–H and O–H groups in total. The lowest BCUT2D eigenvalue weighted by molar-refractivity contribution is -0.138. The van der Waals surface area contributed by atoms with Crippen LogP contribution in [0.25, 0.3) is 0 Å². The number of fused-ring (bicyclic) bond motifs is 10. The molecule has 39 heavy (non-hydrogen) atoms. The molecule has 6 bridgehead atoms. The number of aromatic nitrogens is 1. The fraction of sp³-hybridized carbons (Fsp3) is 0.724. The molecular weight excluding hydrogens is 498 g/mol. The highest BCUT2D eigenvalue weighted by Crippen LogP contribution is 2.25. The Kier molecular flexibility index (Phi) is 11.0. The van der Waals surface area contributed by atoms with Crippen LogP contribution >= 0.6 is 0 Å². The second kappa shape index (κ2) is 14.6. The summed E-state index contributed by atoms with van der Waals surface area (Å²) in [6, 6.07) is 4.80. The smallest absolute Gasteiger partial charge is 0.270 e. The molecule has 5 rings (SSSR count). The van der Waals surface area contributed by atoms with Crippen LogP contribution in [-0.2, 0) is 14.3 Å². The van der Waals surface area contributed by atoms with Gasteiger partial charge in [-0.05, 0) is 44.2 Å². The molecule has 2 saturated heterocycles. The van der Waals surface area contributed by atoms with Crippen molar-refractivity contribution in [2.24, 2.45) is 5.92 Å². The van der Waals surface area contributed by atoms with E-state index in [-0.39, 0.29) is 29.8 Å². The second-order valence-electron chi connectivity index (χ2n) is 11.0. The fourth-order valence-corrected chi connectivity index (χ4v) is 5.85. The Hall–Kier alpha value is -2.72. The zero-order chi connectivity index (χ0) is 27.6. The molecule has 0 aliphatic carbocycles. The summed E-state index contributed by atoms with van der Waals surface area (Å²) in [6.07, 6.45) is 6.91. The van der Waals surface area contributed by atoms with Crippen LogP contribution in [0.2, 0.25) is 0 Å². The van der Waals surface area contributed by atoms with E-state index in [1.165, 1.54) is 12.8 Å². The molecule has 1 aromatic heterocycles. The molecule has 216 valence electrons. The average Bonchev–Trinajstić information content (AvgIpc) is 3.34. The Morgan fingerprint density at radius 1 is 1.05 bits per heavy atom. The summed E-state index contributed by atoms with van der Waals surface area (Å²) in [5.74, 6) is 0.687. The predicted octanol–water partition coefficient (Wildman–Crippen LogP) is 2.33. The largest absolute Gasteiger partial charge is 0.475 e. The van der Waals surface area contributed by atoms with Crippen LogP contribution < -0.4 is 10.1 Å². The third-order valence-corrected chi connectivity index (χ3v) is 8.11. The molecule has 4 aliphatic rings. The lowest BCUT2D eigenvalue weighted by atomic mass is 9.95. The number of amides is 3. The summed E-state index contributed by atoms with van der Waals surface area (Å²) in [5.41, 5.74) is 0.294. The topological polar surface area (TPSA) is 104 Å². The quantitative estimate of drug-likeness (QED) is 0.449. The van der Waals surface area contributed by atoms with E-state index in [1.54, 1.807) is 25.1 Å². The maximum atomic E-state index is 13.7. The van der Waals surface area contributed by atoms with Crippen LogP contribution in [-0.4, -0.2) is 109 Å². The average molecular weight is 544 g/mol. The molecule has 3 amide bonds. The standard InChI is InChI=1S/C29H45N5O5/c1-3-4-5-6-12-34-21-24-19-26(34)29(37)32-13-10-23(11-14-32)20-33(22(2)35)15-16-38-17-18-39-27-9-7-8-25(31-27)28(36)30-24/h7-9,23-24,26H,3-6,10-21H2,1-2H3,(H,30,36)/t24-,26+/m1/s1. The van der Waals surface area contributed by atoms with Gasteiger partial charge in [0.1, 0.15) is 12.3 Å². The van der Waals surface area contributed by atoms with E-state index in [9.17, 15) is 14.4 Å². The number of rotatable bonds is 5. The molecule has 0 spiro atoms. The van der Waals surface area contributed by atoms with E-state index in [2.05, 4.69) is 22.1 Å². The van der Waals surface area contributed by atoms with E-state index in [0.717, 1.165) is 32.2 Å². The van der Waals surface area contributed by atoms with Gasteiger partial charge >= 0.3 is 0 Å². The number of likely N-dealkylation sites (tertiary alicyclic amines) is 1. The first-order valence-corrected chi connectivity index (χ1v) is 14.7. The number of ether oxygens (including phenoxy) is 2. The van der Waals surface area contributed by atoms with Gasteiger partial charge in [0.05, 0.1) is 19.3 Å². The van der Waals surface area contributed by atoms with Gasteiger partial charge < -0.3 is 24.6 Å². The van der Waals surface area contributed by atoms with Crippen molar-refractivity contribution in [3.63, 3.8) is 0 Å². The van der Waals surface area contributed by atoms with Crippen molar-refractivity contribution in [3.8, 4) is 5.88 Å². The third-order valence-electron chi connectivity index (χ3n) is 8.11. The van der Waals surface area contributed by atoms with Crippen molar-refractivity contribution in [1.29, 1.82) is 0 Å². The second-order valence-corrected chi connectivity index (χ2v) is 11.0. The van der Waals surface area contributed by atoms with Crippen molar-refractivity contribution in [1.82, 2.24) is 25.0 Å². The van der Waals surface area contributed by atoms with E-state index in [1.807, 2.05) is 9.80 Å². The summed E-state index contributed by atoms with van der Waals surface area (Å²) >= 11 is 0. The van der Waals surface area contributed by atoms with Gasteiger partial charge in [-0.2, -0.15) is 0 Å². The molecule has 0 saturated carbocycles. The minimum Gasteiger partial charge on any atom is -0.475 e. The number of carbonyl (C=O) groups is 3. The van der Waals surface area contributed by atoms with Crippen LogP contribution in [0.4, 0.5) is 0 Å². The molecule has 5 heterocycles.